The molecule has 1 fully saturated rings. The molecule has 0 saturated carbocycles. The molecular weight excluding hydrogens is 466 g/mol. The van der Waals surface area contributed by atoms with Crippen LogP contribution in [-0.4, -0.2) is 57.5 Å². The number of nitrogens with zero attached hydrogens (tertiary/aromatic N) is 3. The summed E-state index contributed by atoms with van der Waals surface area (Å²) < 4.78 is 7.05. The van der Waals surface area contributed by atoms with Crippen molar-refractivity contribution in [1.29, 1.82) is 0 Å². The Bertz CT molecular complexity index is 1120. The highest BCUT2D eigenvalue weighted by molar-refractivity contribution is 6.99. The smallest absolute Gasteiger partial charge is 0.272 e. The van der Waals surface area contributed by atoms with E-state index in [4.69, 9.17) is 4.43 Å². The van der Waals surface area contributed by atoms with E-state index in [1.54, 1.807) is 13.0 Å². The van der Waals surface area contributed by atoms with Crippen molar-refractivity contribution in [2.24, 2.45) is 0 Å². The fourth-order valence-electron chi connectivity index (χ4n) is 5.36. The number of piperazine rings is 1. The van der Waals surface area contributed by atoms with Crippen molar-refractivity contribution in [3.63, 3.8) is 0 Å². The van der Waals surface area contributed by atoms with E-state index < -0.39 is 8.32 Å². The zero-order valence-corrected chi connectivity index (χ0v) is 22.8. The molecule has 4 rings (SSSR count). The minimum atomic E-state index is -2.51. The first-order valence-corrected chi connectivity index (χ1v) is 14.6. The van der Waals surface area contributed by atoms with Crippen LogP contribution in [0.2, 0.25) is 5.04 Å². The Kier molecular flexibility index (Phi) is 7.93. The van der Waals surface area contributed by atoms with Crippen LogP contribution in [0.5, 0.6) is 0 Å². The molecular formula is C29H37N3O3Si. The molecule has 0 unspecified atom stereocenters. The van der Waals surface area contributed by atoms with E-state index in [9.17, 15) is 10.1 Å². The topological polar surface area (TPSA) is 58.8 Å². The molecule has 190 valence electrons. The van der Waals surface area contributed by atoms with E-state index in [1.807, 2.05) is 12.1 Å². The molecule has 1 aliphatic rings. The fourth-order valence-corrected chi connectivity index (χ4v) is 9.91. The normalized spacial score (nSPS) is 15.2. The third-order valence-electron chi connectivity index (χ3n) is 7.26. The highest BCUT2D eigenvalue weighted by Gasteiger charge is 2.50. The van der Waals surface area contributed by atoms with Gasteiger partial charge in [-0.2, -0.15) is 0 Å². The quantitative estimate of drug-likeness (QED) is 0.255. The molecule has 0 N–H and O–H groups in total. The summed E-state index contributed by atoms with van der Waals surface area (Å²) >= 11 is 0. The Morgan fingerprint density at radius 3 is 1.92 bits per heavy atom. The first-order valence-electron chi connectivity index (χ1n) is 12.7. The molecule has 3 aromatic rings. The maximum atomic E-state index is 11.1. The van der Waals surface area contributed by atoms with Crippen LogP contribution in [0.25, 0.3) is 0 Å². The Balaban J connectivity index is 1.44. The van der Waals surface area contributed by atoms with Gasteiger partial charge < -0.3 is 9.33 Å². The SMILES string of the molecule is Cc1cc(N2CCN(CCO[Si](c3ccccc3)(c3ccccc3)C(C)(C)C)CC2)ccc1[N+](=O)[O-]. The van der Waals surface area contributed by atoms with Gasteiger partial charge >= 0.3 is 0 Å². The van der Waals surface area contributed by atoms with Crippen molar-refractivity contribution < 1.29 is 9.35 Å². The van der Waals surface area contributed by atoms with Gasteiger partial charge in [0.2, 0.25) is 0 Å². The Morgan fingerprint density at radius 1 is 0.889 bits per heavy atom. The first-order chi connectivity index (χ1) is 17.2. The van der Waals surface area contributed by atoms with Gasteiger partial charge in [-0.25, -0.2) is 0 Å². The highest BCUT2D eigenvalue weighted by Crippen LogP contribution is 2.36. The summed E-state index contributed by atoms with van der Waals surface area (Å²) in [6.07, 6.45) is 0. The predicted molar refractivity (Wildman–Crippen MR) is 150 cm³/mol. The van der Waals surface area contributed by atoms with Crippen LogP contribution < -0.4 is 15.3 Å². The van der Waals surface area contributed by atoms with Gasteiger partial charge in [0.25, 0.3) is 14.0 Å². The van der Waals surface area contributed by atoms with Crippen LogP contribution in [0.3, 0.4) is 0 Å². The number of aryl methyl sites for hydroxylation is 1. The standard InChI is InChI=1S/C29H37N3O3Si/c1-24-23-25(15-16-28(24)32(33)34)31-19-17-30(18-20-31)21-22-35-36(29(2,3)4,26-11-7-5-8-12-26)27-13-9-6-10-14-27/h5-16,23H,17-22H2,1-4H3. The summed E-state index contributed by atoms with van der Waals surface area (Å²) in [5.41, 5.74) is 1.94. The van der Waals surface area contributed by atoms with E-state index in [1.165, 1.54) is 10.4 Å². The predicted octanol–water partition coefficient (Wildman–Crippen LogP) is 4.60. The third-order valence-corrected chi connectivity index (χ3v) is 12.3. The number of nitro groups is 1. The van der Waals surface area contributed by atoms with E-state index >= 15 is 0 Å². The molecule has 7 heteroatoms. The monoisotopic (exact) mass is 503 g/mol. The number of hydrogen-bond donors (Lipinski definition) is 0. The van der Waals surface area contributed by atoms with Crippen LogP contribution in [0.1, 0.15) is 26.3 Å². The minimum Gasteiger partial charge on any atom is -0.406 e. The lowest BCUT2D eigenvalue weighted by Gasteiger charge is -2.43. The molecule has 0 spiro atoms. The Labute approximate surface area is 215 Å². The summed E-state index contributed by atoms with van der Waals surface area (Å²) in [6.45, 7) is 14.0. The molecule has 6 nitrogen and oxygen atoms in total. The Hall–Kier alpha value is -3.00. The molecule has 1 aliphatic heterocycles. The van der Waals surface area contributed by atoms with Crippen LogP contribution >= 0.6 is 0 Å². The molecule has 0 aliphatic carbocycles. The maximum absolute atomic E-state index is 11.1. The van der Waals surface area contributed by atoms with Crippen LogP contribution in [-0.2, 0) is 4.43 Å². The lowest BCUT2D eigenvalue weighted by atomic mass is 10.1. The van der Waals surface area contributed by atoms with Gasteiger partial charge in [-0.05, 0) is 34.5 Å². The fraction of sp³-hybridized carbons (Fsp3) is 0.379. The van der Waals surface area contributed by atoms with Gasteiger partial charge in [-0.15, -0.1) is 0 Å². The highest BCUT2D eigenvalue weighted by atomic mass is 28.4. The van der Waals surface area contributed by atoms with Gasteiger partial charge in [-0.1, -0.05) is 81.4 Å². The second kappa shape index (κ2) is 10.9. The number of nitro benzene ring substituents is 1. The molecule has 36 heavy (non-hydrogen) atoms. The van der Waals surface area contributed by atoms with Gasteiger partial charge in [0.05, 0.1) is 4.92 Å². The van der Waals surface area contributed by atoms with Gasteiger partial charge in [0, 0.05) is 56.6 Å². The lowest BCUT2D eigenvalue weighted by molar-refractivity contribution is -0.385. The van der Waals surface area contributed by atoms with E-state index in [-0.39, 0.29) is 15.6 Å². The average molecular weight is 504 g/mol. The molecule has 0 atom stereocenters. The Morgan fingerprint density at radius 2 is 1.44 bits per heavy atom. The number of hydrogen-bond acceptors (Lipinski definition) is 5. The lowest BCUT2D eigenvalue weighted by Crippen LogP contribution is -2.67. The molecule has 0 bridgehead atoms. The van der Waals surface area contributed by atoms with Crippen molar-refractivity contribution in [1.82, 2.24) is 4.90 Å². The second-order valence-electron chi connectivity index (χ2n) is 10.6. The van der Waals surface area contributed by atoms with Gasteiger partial charge in [-0.3, -0.25) is 15.0 Å². The summed E-state index contributed by atoms with van der Waals surface area (Å²) in [4.78, 5) is 15.6. The zero-order chi connectivity index (χ0) is 25.8. The third kappa shape index (κ3) is 5.38. The zero-order valence-electron chi connectivity index (χ0n) is 21.8. The molecule has 0 radical (unpaired) electrons. The number of benzene rings is 3. The van der Waals surface area contributed by atoms with Gasteiger partial charge in [0.15, 0.2) is 0 Å². The summed E-state index contributed by atoms with van der Waals surface area (Å²) in [5, 5.41) is 13.7. The molecule has 1 saturated heterocycles. The first kappa shape index (κ1) is 26.1. The van der Waals surface area contributed by atoms with Crippen molar-refractivity contribution in [2.45, 2.75) is 32.7 Å². The maximum Gasteiger partial charge on any atom is 0.272 e. The molecule has 0 aromatic heterocycles. The van der Waals surface area contributed by atoms with E-state index in [0.717, 1.165) is 38.4 Å². The van der Waals surface area contributed by atoms with Crippen molar-refractivity contribution in [2.75, 3.05) is 44.2 Å². The van der Waals surface area contributed by atoms with Gasteiger partial charge in [0.1, 0.15) is 0 Å². The average Bonchev–Trinajstić information content (AvgIpc) is 2.87. The summed E-state index contributed by atoms with van der Waals surface area (Å²) in [5.74, 6) is 0. The van der Waals surface area contributed by atoms with Crippen molar-refractivity contribution >= 4 is 30.1 Å². The van der Waals surface area contributed by atoms with Crippen LogP contribution in [0.15, 0.2) is 78.9 Å². The van der Waals surface area contributed by atoms with E-state index in [0.29, 0.717) is 12.2 Å². The largest absolute Gasteiger partial charge is 0.406 e. The number of rotatable bonds is 8. The summed E-state index contributed by atoms with van der Waals surface area (Å²) in [6, 6.07) is 27.0. The van der Waals surface area contributed by atoms with E-state index in [2.05, 4.69) is 91.2 Å². The summed E-state index contributed by atoms with van der Waals surface area (Å²) in [7, 11) is -2.51. The number of anilines is 1. The van der Waals surface area contributed by atoms with Crippen molar-refractivity contribution in [3.8, 4) is 0 Å². The molecule has 1 heterocycles. The van der Waals surface area contributed by atoms with Crippen LogP contribution in [0.4, 0.5) is 11.4 Å². The van der Waals surface area contributed by atoms with Crippen LogP contribution in [0, 0.1) is 17.0 Å². The molecule has 3 aromatic carbocycles. The van der Waals surface area contributed by atoms with Crippen molar-refractivity contribution in [3.05, 3.63) is 94.5 Å². The second-order valence-corrected chi connectivity index (χ2v) is 14.9. The minimum absolute atomic E-state index is 0.0256. The molecule has 0 amide bonds.